The van der Waals surface area contributed by atoms with E-state index >= 15 is 0 Å². The van der Waals surface area contributed by atoms with Crippen LogP contribution in [0, 0.1) is 0 Å². The SMILES string of the molecule is OC1c2cc(Br)ccc2-c2sc(Br)cc2C1O. The number of hydrogen-bond acceptors (Lipinski definition) is 3. The number of fused-ring (bicyclic) bond motifs is 3. The number of benzene rings is 1. The Morgan fingerprint density at radius 2 is 1.71 bits per heavy atom. The zero-order valence-corrected chi connectivity index (χ0v) is 12.5. The molecule has 0 fully saturated rings. The molecule has 17 heavy (non-hydrogen) atoms. The Balaban J connectivity index is 2.31. The molecular formula is C12H8Br2O2S. The normalized spacial score (nSPS) is 22.1. The summed E-state index contributed by atoms with van der Waals surface area (Å²) < 4.78 is 1.87. The van der Waals surface area contributed by atoms with Crippen molar-refractivity contribution >= 4 is 43.2 Å². The summed E-state index contributed by atoms with van der Waals surface area (Å²) in [5, 5.41) is 20.2. The fraction of sp³-hybridized carbons (Fsp3) is 0.167. The molecule has 0 radical (unpaired) electrons. The van der Waals surface area contributed by atoms with Gasteiger partial charge in [-0.25, -0.2) is 0 Å². The van der Waals surface area contributed by atoms with Crippen molar-refractivity contribution in [1.29, 1.82) is 0 Å². The minimum Gasteiger partial charge on any atom is -0.385 e. The summed E-state index contributed by atoms with van der Waals surface area (Å²) in [6.45, 7) is 0. The standard InChI is InChI=1S/C12H8Br2O2S/c13-5-1-2-6-7(3-5)10(15)11(16)8-4-9(14)17-12(6)8/h1-4,10-11,15-16H. The van der Waals surface area contributed by atoms with Gasteiger partial charge >= 0.3 is 0 Å². The molecule has 88 valence electrons. The first-order valence-electron chi connectivity index (χ1n) is 5.03. The van der Waals surface area contributed by atoms with Gasteiger partial charge in [0.1, 0.15) is 12.2 Å². The van der Waals surface area contributed by atoms with E-state index in [2.05, 4.69) is 31.9 Å². The average molecular weight is 376 g/mol. The van der Waals surface area contributed by atoms with Gasteiger partial charge in [0.25, 0.3) is 0 Å². The Kier molecular flexibility index (Phi) is 2.91. The van der Waals surface area contributed by atoms with Crippen LogP contribution in [0.15, 0.2) is 32.5 Å². The van der Waals surface area contributed by atoms with Crippen LogP contribution in [0.4, 0.5) is 0 Å². The van der Waals surface area contributed by atoms with E-state index < -0.39 is 12.2 Å². The maximum Gasteiger partial charge on any atom is 0.111 e. The zero-order valence-electron chi connectivity index (χ0n) is 8.52. The van der Waals surface area contributed by atoms with E-state index in [0.717, 1.165) is 29.8 Å². The fourth-order valence-electron chi connectivity index (χ4n) is 2.13. The summed E-state index contributed by atoms with van der Waals surface area (Å²) >= 11 is 8.38. The summed E-state index contributed by atoms with van der Waals surface area (Å²) in [5.41, 5.74) is 2.56. The highest BCUT2D eigenvalue weighted by molar-refractivity contribution is 9.11. The minimum atomic E-state index is -0.864. The molecule has 1 aliphatic carbocycles. The molecular weight excluding hydrogens is 368 g/mol. The first-order valence-corrected chi connectivity index (χ1v) is 7.43. The van der Waals surface area contributed by atoms with Gasteiger partial charge in [0.05, 0.1) is 3.79 Å². The van der Waals surface area contributed by atoms with Crippen LogP contribution in [0.2, 0.25) is 0 Å². The smallest absolute Gasteiger partial charge is 0.111 e. The third-order valence-corrected chi connectivity index (χ3v) is 5.11. The second-order valence-corrected chi connectivity index (χ2v) is 7.30. The van der Waals surface area contributed by atoms with E-state index in [1.165, 1.54) is 0 Å². The summed E-state index contributed by atoms with van der Waals surface area (Å²) in [6.07, 6.45) is -1.72. The lowest BCUT2D eigenvalue weighted by atomic mass is 9.87. The lowest BCUT2D eigenvalue weighted by Crippen LogP contribution is -2.15. The Labute approximate surface area is 119 Å². The van der Waals surface area contributed by atoms with Crippen LogP contribution in [-0.2, 0) is 0 Å². The number of aliphatic hydroxyl groups excluding tert-OH is 2. The van der Waals surface area contributed by atoms with Crippen molar-refractivity contribution in [3.63, 3.8) is 0 Å². The van der Waals surface area contributed by atoms with Gasteiger partial charge in [0.2, 0.25) is 0 Å². The molecule has 0 bridgehead atoms. The molecule has 5 heteroatoms. The van der Waals surface area contributed by atoms with Crippen molar-refractivity contribution < 1.29 is 10.2 Å². The average Bonchev–Trinajstić information content (AvgIpc) is 2.68. The largest absolute Gasteiger partial charge is 0.385 e. The second-order valence-electron chi connectivity index (χ2n) is 3.96. The Hall–Kier alpha value is -0.200. The molecule has 3 rings (SSSR count). The predicted octanol–water partition coefficient (Wildman–Crippen LogP) is 4.02. The molecule has 0 spiro atoms. The highest BCUT2D eigenvalue weighted by atomic mass is 79.9. The van der Waals surface area contributed by atoms with Crippen LogP contribution < -0.4 is 0 Å². The molecule has 2 aromatic rings. The minimum absolute atomic E-state index is 0.772. The van der Waals surface area contributed by atoms with Gasteiger partial charge < -0.3 is 10.2 Å². The molecule has 1 aromatic heterocycles. The summed E-state index contributed by atoms with van der Waals surface area (Å²) in [6, 6.07) is 7.65. The van der Waals surface area contributed by atoms with Crippen molar-refractivity contribution in [2.75, 3.05) is 0 Å². The van der Waals surface area contributed by atoms with E-state index in [4.69, 9.17) is 0 Å². The third-order valence-electron chi connectivity index (χ3n) is 2.93. The number of thiophene rings is 1. The van der Waals surface area contributed by atoms with Gasteiger partial charge in [-0.1, -0.05) is 22.0 Å². The third kappa shape index (κ3) is 1.81. The quantitative estimate of drug-likeness (QED) is 0.730. The first kappa shape index (κ1) is 11.9. The van der Waals surface area contributed by atoms with Crippen molar-refractivity contribution in [1.82, 2.24) is 0 Å². The van der Waals surface area contributed by atoms with E-state index in [-0.39, 0.29) is 0 Å². The van der Waals surface area contributed by atoms with Crippen molar-refractivity contribution in [2.24, 2.45) is 0 Å². The number of rotatable bonds is 0. The fourth-order valence-corrected chi connectivity index (χ4v) is 4.21. The maximum atomic E-state index is 10.1. The van der Waals surface area contributed by atoms with Crippen LogP contribution >= 0.6 is 43.2 Å². The molecule has 2 nitrogen and oxygen atoms in total. The van der Waals surface area contributed by atoms with E-state index in [0.29, 0.717) is 0 Å². The first-order chi connectivity index (χ1) is 8.08. The van der Waals surface area contributed by atoms with Crippen LogP contribution in [0.1, 0.15) is 23.3 Å². The van der Waals surface area contributed by atoms with Gasteiger partial charge in [0.15, 0.2) is 0 Å². The topological polar surface area (TPSA) is 40.5 Å². The van der Waals surface area contributed by atoms with Gasteiger partial charge in [-0.2, -0.15) is 0 Å². The van der Waals surface area contributed by atoms with Crippen LogP contribution in [-0.4, -0.2) is 10.2 Å². The van der Waals surface area contributed by atoms with Crippen molar-refractivity contribution in [3.05, 3.63) is 43.7 Å². The molecule has 0 saturated carbocycles. The molecule has 1 aromatic carbocycles. The molecule has 2 atom stereocenters. The Morgan fingerprint density at radius 1 is 1.00 bits per heavy atom. The van der Waals surface area contributed by atoms with Crippen LogP contribution in [0.25, 0.3) is 10.4 Å². The molecule has 1 aliphatic rings. The van der Waals surface area contributed by atoms with Gasteiger partial charge in [-0.05, 0) is 45.3 Å². The summed E-state index contributed by atoms with van der Waals surface area (Å²) in [5.74, 6) is 0. The van der Waals surface area contributed by atoms with Crippen LogP contribution in [0.3, 0.4) is 0 Å². The molecule has 0 amide bonds. The predicted molar refractivity (Wildman–Crippen MR) is 75.1 cm³/mol. The lowest BCUT2D eigenvalue weighted by molar-refractivity contribution is 0.0161. The van der Waals surface area contributed by atoms with Gasteiger partial charge in [-0.3, -0.25) is 0 Å². The molecule has 2 unspecified atom stereocenters. The summed E-state index contributed by atoms with van der Waals surface area (Å²) in [7, 11) is 0. The van der Waals surface area contributed by atoms with Crippen molar-refractivity contribution in [3.8, 4) is 10.4 Å². The Morgan fingerprint density at radius 3 is 2.47 bits per heavy atom. The Bertz CT molecular complexity index is 594. The van der Waals surface area contributed by atoms with Gasteiger partial charge in [-0.15, -0.1) is 11.3 Å². The van der Waals surface area contributed by atoms with Gasteiger partial charge in [0, 0.05) is 14.9 Å². The van der Waals surface area contributed by atoms with E-state index in [1.54, 1.807) is 11.3 Å². The molecule has 0 aliphatic heterocycles. The number of hydrogen-bond donors (Lipinski definition) is 2. The maximum absolute atomic E-state index is 10.1. The highest BCUT2D eigenvalue weighted by Gasteiger charge is 2.32. The molecule has 0 saturated heterocycles. The lowest BCUT2D eigenvalue weighted by Gasteiger charge is -2.26. The monoisotopic (exact) mass is 374 g/mol. The van der Waals surface area contributed by atoms with Crippen LogP contribution in [0.5, 0.6) is 0 Å². The second kappa shape index (κ2) is 4.17. The molecule has 1 heterocycles. The molecule has 2 N–H and O–H groups in total. The summed E-state index contributed by atoms with van der Waals surface area (Å²) in [4.78, 5) is 1.03. The van der Waals surface area contributed by atoms with E-state index in [9.17, 15) is 10.2 Å². The van der Waals surface area contributed by atoms with E-state index in [1.807, 2.05) is 24.3 Å². The number of aliphatic hydroxyl groups is 2. The van der Waals surface area contributed by atoms with Crippen molar-refractivity contribution in [2.45, 2.75) is 12.2 Å². The number of halogens is 2. The highest BCUT2D eigenvalue weighted by Crippen LogP contribution is 2.49. The zero-order chi connectivity index (χ0) is 12.2.